The van der Waals surface area contributed by atoms with Gasteiger partial charge in [-0.05, 0) is 25.4 Å². The molecule has 1 aromatic rings. The normalized spacial score (nSPS) is 9.56. The summed E-state index contributed by atoms with van der Waals surface area (Å²) in [6, 6.07) is 0. The van der Waals surface area contributed by atoms with E-state index in [9.17, 15) is 0 Å². The third kappa shape index (κ3) is 1.03. The Morgan fingerprint density at radius 3 is 2.44 bits per heavy atom. The zero-order valence-corrected chi connectivity index (χ0v) is 6.46. The summed E-state index contributed by atoms with van der Waals surface area (Å²) in [5.74, 6) is 0. The van der Waals surface area contributed by atoms with E-state index in [1.165, 1.54) is 22.0 Å². The predicted molar refractivity (Wildman–Crippen MR) is 41.7 cm³/mol. The van der Waals surface area contributed by atoms with Gasteiger partial charge in [-0.25, -0.2) is 0 Å². The van der Waals surface area contributed by atoms with Crippen molar-refractivity contribution >= 4 is 17.6 Å². The molecule has 0 radical (unpaired) electrons. The first-order chi connectivity index (χ1) is 4.25. The number of nitrogens with zero attached hydrogens (tertiary/aromatic N) is 1. The highest BCUT2D eigenvalue weighted by atomic mass is 32.1. The van der Waals surface area contributed by atoms with E-state index >= 15 is 0 Å². The molecule has 1 heterocycles. The van der Waals surface area contributed by atoms with Crippen molar-refractivity contribution in [3.8, 4) is 0 Å². The molecule has 0 unspecified atom stereocenters. The summed E-state index contributed by atoms with van der Waals surface area (Å²) in [5, 5.41) is 0. The first-order valence-electron chi connectivity index (χ1n) is 2.81. The average molecular weight is 139 g/mol. The lowest BCUT2D eigenvalue weighted by Crippen LogP contribution is -1.73. The molecule has 9 heavy (non-hydrogen) atoms. The largest absolute Gasteiger partial charge is 0.197 e. The van der Waals surface area contributed by atoms with Crippen LogP contribution < -0.4 is 0 Å². The Kier molecular flexibility index (Phi) is 1.67. The number of aromatic nitrogens is 1. The zero-order valence-electron chi connectivity index (χ0n) is 5.64. The van der Waals surface area contributed by atoms with Crippen LogP contribution in [0.15, 0.2) is 6.58 Å². The average Bonchev–Trinajstić information content (AvgIpc) is 2.12. The van der Waals surface area contributed by atoms with Crippen LogP contribution in [0.1, 0.15) is 16.1 Å². The molecule has 0 bridgehead atoms. The van der Waals surface area contributed by atoms with Gasteiger partial charge in [-0.1, -0.05) is 12.7 Å². The number of hydrogen-bond donors (Lipinski definition) is 0. The fourth-order valence-corrected chi connectivity index (χ4v) is 1.48. The Morgan fingerprint density at radius 1 is 1.56 bits per heavy atom. The molecule has 1 rings (SSSR count). The molecule has 0 aliphatic rings. The van der Waals surface area contributed by atoms with Crippen molar-refractivity contribution in [1.82, 2.24) is 4.37 Å². The van der Waals surface area contributed by atoms with Crippen LogP contribution in [-0.4, -0.2) is 4.37 Å². The first-order valence-corrected chi connectivity index (χ1v) is 3.58. The summed E-state index contributed by atoms with van der Waals surface area (Å²) in [4.78, 5) is 1.25. The lowest BCUT2D eigenvalue weighted by molar-refractivity contribution is 1.32. The summed E-state index contributed by atoms with van der Waals surface area (Å²) in [6.45, 7) is 7.75. The van der Waals surface area contributed by atoms with E-state index in [4.69, 9.17) is 0 Å². The number of hydrogen-bond acceptors (Lipinski definition) is 2. The summed E-state index contributed by atoms with van der Waals surface area (Å²) >= 11 is 1.53. The van der Waals surface area contributed by atoms with Crippen LogP contribution >= 0.6 is 11.5 Å². The topological polar surface area (TPSA) is 12.9 Å². The molecule has 0 spiro atoms. The lowest BCUT2D eigenvalue weighted by atomic mass is 10.2. The molecule has 0 saturated heterocycles. The molecule has 0 fully saturated rings. The van der Waals surface area contributed by atoms with Gasteiger partial charge in [-0.15, -0.1) is 0 Å². The molecule has 0 saturated carbocycles. The van der Waals surface area contributed by atoms with E-state index in [2.05, 4.69) is 17.9 Å². The van der Waals surface area contributed by atoms with E-state index in [1.807, 2.05) is 13.0 Å². The lowest BCUT2D eigenvalue weighted by Gasteiger charge is -1.86. The van der Waals surface area contributed by atoms with E-state index in [1.54, 1.807) is 0 Å². The van der Waals surface area contributed by atoms with Gasteiger partial charge >= 0.3 is 0 Å². The van der Waals surface area contributed by atoms with Crippen LogP contribution in [0.5, 0.6) is 0 Å². The summed E-state index contributed by atoms with van der Waals surface area (Å²) < 4.78 is 4.16. The Hall–Kier alpha value is -0.630. The molecule has 1 nitrogen and oxygen atoms in total. The van der Waals surface area contributed by atoms with E-state index in [-0.39, 0.29) is 0 Å². The first kappa shape index (κ1) is 6.49. The van der Waals surface area contributed by atoms with Gasteiger partial charge in [-0.3, -0.25) is 0 Å². The highest BCUT2D eigenvalue weighted by Crippen LogP contribution is 2.17. The fraction of sp³-hybridized carbons (Fsp3) is 0.286. The molecule has 48 valence electrons. The maximum atomic E-state index is 4.16. The predicted octanol–water partition coefficient (Wildman–Crippen LogP) is 2.40. The van der Waals surface area contributed by atoms with Crippen LogP contribution in [0.3, 0.4) is 0 Å². The second-order valence-electron chi connectivity index (χ2n) is 1.94. The van der Waals surface area contributed by atoms with Crippen LogP contribution in [0, 0.1) is 13.8 Å². The van der Waals surface area contributed by atoms with Gasteiger partial charge in [0.15, 0.2) is 0 Å². The molecule has 0 N–H and O–H groups in total. The van der Waals surface area contributed by atoms with Crippen molar-refractivity contribution in [3.63, 3.8) is 0 Å². The molecule has 2 heteroatoms. The summed E-state index contributed by atoms with van der Waals surface area (Å²) in [6.07, 6.45) is 1.86. The molecule has 0 aromatic carbocycles. The Balaban J connectivity index is 3.22. The van der Waals surface area contributed by atoms with E-state index in [0.29, 0.717) is 0 Å². The second-order valence-corrected chi connectivity index (χ2v) is 2.92. The van der Waals surface area contributed by atoms with Crippen molar-refractivity contribution in [1.29, 1.82) is 0 Å². The molecule has 0 atom stereocenters. The Labute approximate surface area is 59.2 Å². The minimum atomic E-state index is 1.09. The van der Waals surface area contributed by atoms with Crippen molar-refractivity contribution < 1.29 is 0 Å². The number of rotatable bonds is 1. The highest BCUT2D eigenvalue weighted by Gasteiger charge is 2.00. The monoisotopic (exact) mass is 139 g/mol. The molecular weight excluding hydrogens is 130 g/mol. The van der Waals surface area contributed by atoms with E-state index < -0.39 is 0 Å². The minimum Gasteiger partial charge on any atom is -0.197 e. The van der Waals surface area contributed by atoms with Gasteiger partial charge < -0.3 is 0 Å². The smallest absolute Gasteiger partial charge is 0.0586 e. The standard InChI is InChI=1S/C7H9NS/c1-4-7-5(2)8-9-6(7)3/h4H,1H2,2-3H3. The van der Waals surface area contributed by atoms with Gasteiger partial charge in [0.25, 0.3) is 0 Å². The fourth-order valence-electron chi connectivity index (χ4n) is 0.781. The van der Waals surface area contributed by atoms with Crippen molar-refractivity contribution in [2.45, 2.75) is 13.8 Å². The van der Waals surface area contributed by atoms with Gasteiger partial charge in [0.05, 0.1) is 5.69 Å². The molecule has 0 aliphatic carbocycles. The molecule has 1 aromatic heterocycles. The van der Waals surface area contributed by atoms with Crippen molar-refractivity contribution in [2.24, 2.45) is 0 Å². The minimum absolute atomic E-state index is 1.09. The third-order valence-corrected chi connectivity index (χ3v) is 2.15. The van der Waals surface area contributed by atoms with Crippen LogP contribution in [0.4, 0.5) is 0 Å². The van der Waals surface area contributed by atoms with Gasteiger partial charge in [0.2, 0.25) is 0 Å². The van der Waals surface area contributed by atoms with Crippen molar-refractivity contribution in [2.75, 3.05) is 0 Å². The quantitative estimate of drug-likeness (QED) is 0.582. The van der Waals surface area contributed by atoms with Gasteiger partial charge in [-0.2, -0.15) is 4.37 Å². The maximum Gasteiger partial charge on any atom is 0.0586 e. The Morgan fingerprint density at radius 2 is 2.22 bits per heavy atom. The van der Waals surface area contributed by atoms with Crippen LogP contribution in [0.2, 0.25) is 0 Å². The summed E-state index contributed by atoms with van der Waals surface area (Å²) in [5.41, 5.74) is 2.28. The summed E-state index contributed by atoms with van der Waals surface area (Å²) in [7, 11) is 0. The van der Waals surface area contributed by atoms with Crippen LogP contribution in [0.25, 0.3) is 6.08 Å². The second kappa shape index (κ2) is 2.31. The van der Waals surface area contributed by atoms with E-state index in [0.717, 1.165) is 5.69 Å². The van der Waals surface area contributed by atoms with Crippen LogP contribution in [-0.2, 0) is 0 Å². The van der Waals surface area contributed by atoms with Gasteiger partial charge in [0, 0.05) is 10.4 Å². The maximum absolute atomic E-state index is 4.16. The number of aryl methyl sites for hydroxylation is 2. The highest BCUT2D eigenvalue weighted by molar-refractivity contribution is 7.06. The molecular formula is C7H9NS. The Bertz CT molecular complexity index is 205. The molecule has 0 aliphatic heterocycles. The third-order valence-electron chi connectivity index (χ3n) is 1.29. The molecule has 0 amide bonds. The van der Waals surface area contributed by atoms with Gasteiger partial charge in [0.1, 0.15) is 0 Å². The zero-order chi connectivity index (χ0) is 6.85. The van der Waals surface area contributed by atoms with Crippen molar-refractivity contribution in [3.05, 3.63) is 22.7 Å². The SMILES string of the molecule is C=Cc1c(C)nsc1C.